The standard InChI is InChI=1S/C41H38N4O.Pd/c1-8-11-31-21-32(45-30(7)41(29(6)43-45)40-27(4)18-26(3)19-28(40)5)23-34(22-31)46-33-14-15-36-35-12-9-10-13-37(35)44(38(36)24-33)39-20-25(2)16-17-42-39;/h9-10,12-22H,8,11H2,1-7H3;/q-2;+2. The van der Waals surface area contributed by atoms with Crippen molar-refractivity contribution in [3.63, 3.8) is 0 Å². The van der Waals surface area contributed by atoms with E-state index < -0.39 is 0 Å². The maximum absolute atomic E-state index is 6.57. The van der Waals surface area contributed by atoms with Gasteiger partial charge < -0.3 is 9.30 Å². The van der Waals surface area contributed by atoms with Gasteiger partial charge in [-0.25, -0.2) is 4.98 Å². The van der Waals surface area contributed by atoms with E-state index in [1.165, 1.54) is 33.4 Å². The number of benzene rings is 4. The Kier molecular flexibility index (Phi) is 8.94. The first-order chi connectivity index (χ1) is 22.2. The molecule has 7 aromatic rings. The van der Waals surface area contributed by atoms with Crippen LogP contribution in [0.5, 0.6) is 11.5 Å². The molecule has 0 saturated carbocycles. The molecule has 238 valence electrons. The molecule has 5 nitrogen and oxygen atoms in total. The van der Waals surface area contributed by atoms with Crippen LogP contribution in [0.2, 0.25) is 0 Å². The summed E-state index contributed by atoms with van der Waals surface area (Å²) in [7, 11) is 0. The third-order valence-corrected chi connectivity index (χ3v) is 8.78. The van der Waals surface area contributed by atoms with Gasteiger partial charge in [-0.1, -0.05) is 61.2 Å². The van der Waals surface area contributed by atoms with E-state index in [1.807, 2.05) is 23.0 Å². The number of para-hydroxylation sites is 1. The van der Waals surface area contributed by atoms with Gasteiger partial charge in [-0.05, 0) is 93.1 Å². The minimum atomic E-state index is 0. The second kappa shape index (κ2) is 13.0. The predicted octanol–water partition coefficient (Wildman–Crippen LogP) is 10.2. The Balaban J connectivity index is 0.00000386. The molecule has 0 amide bonds. The fourth-order valence-corrected chi connectivity index (χ4v) is 6.93. The number of aryl methyl sites for hydroxylation is 6. The van der Waals surface area contributed by atoms with Crippen molar-refractivity contribution < 1.29 is 25.2 Å². The normalized spacial score (nSPS) is 11.3. The number of aromatic nitrogens is 4. The number of ether oxygens (including phenoxy) is 1. The van der Waals surface area contributed by atoms with Crippen molar-refractivity contribution in [1.29, 1.82) is 0 Å². The minimum absolute atomic E-state index is 0. The summed E-state index contributed by atoms with van der Waals surface area (Å²) in [6.45, 7) is 15.0. The topological polar surface area (TPSA) is 44.9 Å². The van der Waals surface area contributed by atoms with Gasteiger partial charge in [0.15, 0.2) is 0 Å². The first-order valence-electron chi connectivity index (χ1n) is 16.0. The van der Waals surface area contributed by atoms with Crippen LogP contribution in [0.25, 0.3) is 44.4 Å². The zero-order valence-corrected chi connectivity index (χ0v) is 29.5. The van der Waals surface area contributed by atoms with Gasteiger partial charge in [-0.15, -0.1) is 35.7 Å². The average Bonchev–Trinajstić information content (AvgIpc) is 3.50. The third-order valence-electron chi connectivity index (χ3n) is 8.78. The Morgan fingerprint density at radius 1 is 0.745 bits per heavy atom. The van der Waals surface area contributed by atoms with Crippen LogP contribution in [0.1, 0.15) is 52.5 Å². The summed E-state index contributed by atoms with van der Waals surface area (Å²) in [6.07, 6.45) is 3.80. The van der Waals surface area contributed by atoms with Gasteiger partial charge in [0, 0.05) is 34.5 Å². The molecule has 0 aliphatic heterocycles. The van der Waals surface area contributed by atoms with Crippen LogP contribution >= 0.6 is 0 Å². The van der Waals surface area contributed by atoms with Crippen molar-refractivity contribution in [3.8, 4) is 34.1 Å². The first-order valence-corrected chi connectivity index (χ1v) is 16.0. The maximum atomic E-state index is 6.57. The summed E-state index contributed by atoms with van der Waals surface area (Å²) in [5, 5.41) is 7.30. The number of hydrogen-bond acceptors (Lipinski definition) is 3. The van der Waals surface area contributed by atoms with Crippen LogP contribution < -0.4 is 4.74 Å². The summed E-state index contributed by atoms with van der Waals surface area (Å²) in [6, 6.07) is 32.5. The smallest absolute Gasteiger partial charge is 0.509 e. The van der Waals surface area contributed by atoms with E-state index in [0.717, 1.165) is 63.1 Å². The van der Waals surface area contributed by atoms with Gasteiger partial charge >= 0.3 is 20.4 Å². The molecule has 0 saturated heterocycles. The van der Waals surface area contributed by atoms with E-state index >= 15 is 0 Å². The molecule has 0 aliphatic rings. The number of fused-ring (bicyclic) bond motifs is 3. The van der Waals surface area contributed by atoms with E-state index in [-0.39, 0.29) is 20.4 Å². The zero-order valence-electron chi connectivity index (χ0n) is 27.9. The summed E-state index contributed by atoms with van der Waals surface area (Å²) in [5.41, 5.74) is 13.5. The Hall–Kier alpha value is -4.50. The fourth-order valence-electron chi connectivity index (χ4n) is 6.93. The largest absolute Gasteiger partial charge is 2.00 e. The van der Waals surface area contributed by atoms with Gasteiger partial charge in [0.1, 0.15) is 5.82 Å². The van der Waals surface area contributed by atoms with Crippen LogP contribution in [0, 0.1) is 53.7 Å². The molecule has 3 aromatic heterocycles. The van der Waals surface area contributed by atoms with Crippen LogP contribution in [0.4, 0.5) is 0 Å². The van der Waals surface area contributed by atoms with Gasteiger partial charge in [-0.3, -0.25) is 4.68 Å². The molecule has 0 spiro atoms. The Morgan fingerprint density at radius 2 is 1.51 bits per heavy atom. The Labute approximate surface area is 290 Å². The molecule has 6 heteroatoms. The Bertz CT molecular complexity index is 2250. The molecule has 0 radical (unpaired) electrons. The minimum Gasteiger partial charge on any atom is -0.509 e. The van der Waals surface area contributed by atoms with Crippen LogP contribution in [-0.2, 0) is 26.8 Å². The average molecular weight is 709 g/mol. The molecule has 3 heterocycles. The molecular formula is C41H38N4OPd. The fraction of sp³-hybridized carbons (Fsp3) is 0.220. The van der Waals surface area contributed by atoms with Crippen molar-refractivity contribution in [2.45, 2.75) is 61.3 Å². The Morgan fingerprint density at radius 3 is 2.26 bits per heavy atom. The quantitative estimate of drug-likeness (QED) is 0.122. The molecule has 0 fully saturated rings. The molecule has 0 unspecified atom stereocenters. The van der Waals surface area contributed by atoms with Gasteiger partial charge in [0.2, 0.25) is 0 Å². The van der Waals surface area contributed by atoms with Crippen LogP contribution in [0.3, 0.4) is 0 Å². The van der Waals surface area contributed by atoms with Gasteiger partial charge in [0.05, 0.1) is 5.69 Å². The SMILES string of the molecule is CCCc1cc(Oc2[c-]c3c(cc2)c2ccccc2n3-c2cc(C)ccn2)[c-]c(-n2nc(C)c(-c3c(C)cc(C)cc3C)c2C)c1.[Pd+2]. The van der Waals surface area contributed by atoms with Crippen molar-refractivity contribution in [2.75, 3.05) is 0 Å². The monoisotopic (exact) mass is 708 g/mol. The van der Waals surface area contributed by atoms with E-state index in [4.69, 9.17) is 14.8 Å². The summed E-state index contributed by atoms with van der Waals surface area (Å²) < 4.78 is 10.8. The predicted molar refractivity (Wildman–Crippen MR) is 188 cm³/mol. The van der Waals surface area contributed by atoms with E-state index in [9.17, 15) is 0 Å². The van der Waals surface area contributed by atoms with E-state index in [1.54, 1.807) is 0 Å². The van der Waals surface area contributed by atoms with Crippen molar-refractivity contribution in [1.82, 2.24) is 19.3 Å². The summed E-state index contributed by atoms with van der Waals surface area (Å²) >= 11 is 0. The molecule has 0 N–H and O–H groups in total. The van der Waals surface area contributed by atoms with Crippen molar-refractivity contribution in [2.24, 2.45) is 0 Å². The second-order valence-electron chi connectivity index (χ2n) is 12.5. The van der Waals surface area contributed by atoms with Gasteiger partial charge in [-0.2, -0.15) is 16.7 Å². The molecule has 7 rings (SSSR count). The molecular weight excluding hydrogens is 671 g/mol. The third kappa shape index (κ3) is 5.93. The molecule has 0 bridgehead atoms. The first kappa shape index (κ1) is 32.4. The summed E-state index contributed by atoms with van der Waals surface area (Å²) in [4.78, 5) is 4.71. The van der Waals surface area contributed by atoms with Gasteiger partial charge in [0.25, 0.3) is 0 Å². The molecule has 0 atom stereocenters. The number of hydrogen-bond donors (Lipinski definition) is 0. The molecule has 0 aliphatic carbocycles. The second-order valence-corrected chi connectivity index (χ2v) is 12.5. The van der Waals surface area contributed by atoms with E-state index in [2.05, 4.69) is 126 Å². The zero-order chi connectivity index (χ0) is 32.1. The number of rotatable bonds is 7. The molecule has 47 heavy (non-hydrogen) atoms. The van der Waals surface area contributed by atoms with Crippen molar-refractivity contribution >= 4 is 21.8 Å². The molecule has 4 aromatic carbocycles. The summed E-state index contributed by atoms with van der Waals surface area (Å²) in [5.74, 6) is 2.13. The van der Waals surface area contributed by atoms with Crippen LogP contribution in [-0.4, -0.2) is 19.3 Å². The maximum Gasteiger partial charge on any atom is 2.00 e. The number of pyridine rings is 1. The van der Waals surface area contributed by atoms with E-state index in [0.29, 0.717) is 11.5 Å². The number of nitrogens with zero attached hydrogens (tertiary/aromatic N) is 4. The van der Waals surface area contributed by atoms with Crippen molar-refractivity contribution in [3.05, 3.63) is 130 Å². The van der Waals surface area contributed by atoms with Crippen LogP contribution in [0.15, 0.2) is 79.0 Å².